The van der Waals surface area contributed by atoms with Crippen LogP contribution < -0.4 is 15.5 Å². The first-order valence-corrected chi connectivity index (χ1v) is 8.58. The van der Waals surface area contributed by atoms with Gasteiger partial charge in [-0.15, -0.1) is 5.10 Å². The largest absolute Gasteiger partial charge is 0.378 e. The van der Waals surface area contributed by atoms with Gasteiger partial charge >= 0.3 is 0 Å². The van der Waals surface area contributed by atoms with Crippen LogP contribution in [-0.4, -0.2) is 29.3 Å². The lowest BCUT2D eigenvalue weighted by Crippen LogP contribution is -2.08. The summed E-state index contributed by atoms with van der Waals surface area (Å²) < 4.78 is 1.03. The number of benzene rings is 2. The van der Waals surface area contributed by atoms with Crippen molar-refractivity contribution < 1.29 is 0 Å². The average molecular weight is 399 g/mol. The van der Waals surface area contributed by atoms with Crippen molar-refractivity contribution in [2.45, 2.75) is 6.92 Å². The molecule has 0 unspecified atom stereocenters. The molecule has 25 heavy (non-hydrogen) atoms. The molecule has 0 spiro atoms. The van der Waals surface area contributed by atoms with Crippen LogP contribution in [0.2, 0.25) is 0 Å². The molecule has 0 radical (unpaired) electrons. The molecule has 1 aromatic heterocycles. The third kappa shape index (κ3) is 4.45. The smallest absolute Gasteiger partial charge is 0.249 e. The van der Waals surface area contributed by atoms with E-state index in [0.717, 1.165) is 21.5 Å². The fraction of sp³-hybridized carbons (Fsp3) is 0.167. The molecule has 0 atom stereocenters. The number of rotatable bonds is 5. The Labute approximate surface area is 155 Å². The second-order valence-corrected chi connectivity index (χ2v) is 6.67. The second kappa shape index (κ2) is 7.48. The summed E-state index contributed by atoms with van der Waals surface area (Å²) in [6.07, 6.45) is 1.59. The van der Waals surface area contributed by atoms with Crippen LogP contribution in [0, 0.1) is 6.92 Å². The number of aromatic nitrogens is 3. The molecular formula is C18H19BrN6. The molecule has 0 aliphatic carbocycles. The van der Waals surface area contributed by atoms with Crippen molar-refractivity contribution in [2.24, 2.45) is 0 Å². The highest BCUT2D eigenvalue weighted by Crippen LogP contribution is 2.23. The van der Waals surface area contributed by atoms with E-state index in [1.54, 1.807) is 6.20 Å². The predicted molar refractivity (Wildman–Crippen MR) is 106 cm³/mol. The number of nitrogens with zero attached hydrogens (tertiary/aromatic N) is 4. The van der Waals surface area contributed by atoms with E-state index in [2.05, 4.69) is 46.6 Å². The van der Waals surface area contributed by atoms with Crippen LogP contribution in [0.4, 0.5) is 28.8 Å². The highest BCUT2D eigenvalue weighted by atomic mass is 79.9. The van der Waals surface area contributed by atoms with Crippen molar-refractivity contribution in [1.29, 1.82) is 0 Å². The normalized spacial score (nSPS) is 10.4. The van der Waals surface area contributed by atoms with Gasteiger partial charge in [-0.1, -0.05) is 22.0 Å². The zero-order chi connectivity index (χ0) is 17.8. The van der Waals surface area contributed by atoms with Gasteiger partial charge in [-0.3, -0.25) is 0 Å². The van der Waals surface area contributed by atoms with Crippen LogP contribution in [0.3, 0.4) is 0 Å². The average Bonchev–Trinajstić information content (AvgIpc) is 2.59. The fourth-order valence-corrected chi connectivity index (χ4v) is 2.59. The van der Waals surface area contributed by atoms with E-state index in [1.807, 2.05) is 63.5 Å². The molecule has 3 aromatic rings. The first-order chi connectivity index (χ1) is 12.0. The van der Waals surface area contributed by atoms with E-state index in [0.29, 0.717) is 11.8 Å². The summed E-state index contributed by atoms with van der Waals surface area (Å²) in [5.74, 6) is 1.06. The Bertz CT molecular complexity index is 864. The van der Waals surface area contributed by atoms with Crippen molar-refractivity contribution in [3.8, 4) is 0 Å². The Morgan fingerprint density at radius 1 is 0.960 bits per heavy atom. The lowest BCUT2D eigenvalue weighted by molar-refractivity contribution is 0.982. The molecule has 2 N–H and O–H groups in total. The van der Waals surface area contributed by atoms with E-state index in [4.69, 9.17) is 0 Å². The summed E-state index contributed by atoms with van der Waals surface area (Å²) in [7, 11) is 4.02. The maximum atomic E-state index is 4.45. The number of hydrogen-bond donors (Lipinski definition) is 2. The summed E-state index contributed by atoms with van der Waals surface area (Å²) >= 11 is 3.52. The Hall–Kier alpha value is -2.67. The van der Waals surface area contributed by atoms with Gasteiger partial charge in [0, 0.05) is 35.6 Å². The number of anilines is 5. The molecule has 6 nitrogen and oxygen atoms in total. The molecule has 0 bridgehead atoms. The van der Waals surface area contributed by atoms with Gasteiger partial charge in [0.2, 0.25) is 5.95 Å². The van der Waals surface area contributed by atoms with Crippen molar-refractivity contribution >= 4 is 44.8 Å². The SMILES string of the molecule is Cc1ccc(Nc2nncc(Nc3ccc(N(C)C)cc3)n2)cc1Br. The molecule has 0 aliphatic rings. The van der Waals surface area contributed by atoms with Crippen LogP contribution in [0.25, 0.3) is 0 Å². The van der Waals surface area contributed by atoms with Crippen LogP contribution in [0.5, 0.6) is 0 Å². The number of halogens is 1. The second-order valence-electron chi connectivity index (χ2n) is 5.82. The molecule has 1 heterocycles. The molecule has 7 heteroatoms. The highest BCUT2D eigenvalue weighted by Gasteiger charge is 2.04. The van der Waals surface area contributed by atoms with Gasteiger partial charge in [-0.25, -0.2) is 0 Å². The van der Waals surface area contributed by atoms with Gasteiger partial charge < -0.3 is 15.5 Å². The number of nitrogens with one attached hydrogen (secondary N) is 2. The van der Waals surface area contributed by atoms with E-state index in [9.17, 15) is 0 Å². The molecule has 0 amide bonds. The predicted octanol–water partition coefficient (Wildman–Crippen LogP) is 4.50. The van der Waals surface area contributed by atoms with E-state index < -0.39 is 0 Å². The zero-order valence-electron chi connectivity index (χ0n) is 14.3. The van der Waals surface area contributed by atoms with Gasteiger partial charge in [-0.2, -0.15) is 10.1 Å². The van der Waals surface area contributed by atoms with Gasteiger partial charge in [-0.05, 0) is 48.9 Å². The molecular weight excluding hydrogens is 380 g/mol. The Kier molecular flexibility index (Phi) is 5.14. The first-order valence-electron chi connectivity index (χ1n) is 7.78. The summed E-state index contributed by atoms with van der Waals surface area (Å²) in [5.41, 5.74) is 4.14. The Balaban J connectivity index is 1.73. The van der Waals surface area contributed by atoms with Crippen LogP contribution in [0.15, 0.2) is 53.1 Å². The van der Waals surface area contributed by atoms with E-state index >= 15 is 0 Å². The topological polar surface area (TPSA) is 66.0 Å². The van der Waals surface area contributed by atoms with E-state index in [1.165, 1.54) is 5.56 Å². The lowest BCUT2D eigenvalue weighted by atomic mass is 10.2. The number of aryl methyl sites for hydroxylation is 1. The van der Waals surface area contributed by atoms with Crippen molar-refractivity contribution in [1.82, 2.24) is 15.2 Å². The van der Waals surface area contributed by atoms with Gasteiger partial charge in [0.25, 0.3) is 0 Å². The minimum atomic E-state index is 0.436. The fourth-order valence-electron chi connectivity index (χ4n) is 2.21. The molecule has 0 saturated heterocycles. The molecule has 128 valence electrons. The molecule has 0 saturated carbocycles. The molecule has 3 rings (SSSR count). The summed E-state index contributed by atoms with van der Waals surface area (Å²) in [4.78, 5) is 6.50. The lowest BCUT2D eigenvalue weighted by Gasteiger charge is -2.13. The first kappa shape index (κ1) is 17.2. The third-order valence-corrected chi connectivity index (χ3v) is 4.50. The minimum Gasteiger partial charge on any atom is -0.378 e. The monoisotopic (exact) mass is 398 g/mol. The maximum Gasteiger partial charge on any atom is 0.249 e. The Morgan fingerprint density at radius 2 is 1.68 bits per heavy atom. The van der Waals surface area contributed by atoms with Crippen molar-refractivity contribution in [3.05, 3.63) is 58.7 Å². The van der Waals surface area contributed by atoms with E-state index in [-0.39, 0.29) is 0 Å². The standard InChI is InChI=1S/C18H19BrN6/c1-12-4-5-14(10-16(12)19)22-18-23-17(11-20-24-18)21-13-6-8-15(9-7-13)25(2)3/h4-11H,1-3H3,(H2,21,22,23,24). The van der Waals surface area contributed by atoms with Crippen molar-refractivity contribution in [2.75, 3.05) is 29.6 Å². The van der Waals surface area contributed by atoms with Crippen LogP contribution in [-0.2, 0) is 0 Å². The van der Waals surface area contributed by atoms with Gasteiger partial charge in [0.15, 0.2) is 5.82 Å². The van der Waals surface area contributed by atoms with Gasteiger partial charge in [0.1, 0.15) is 0 Å². The summed E-state index contributed by atoms with van der Waals surface area (Å²) in [6, 6.07) is 14.1. The van der Waals surface area contributed by atoms with Crippen molar-refractivity contribution in [3.63, 3.8) is 0 Å². The van der Waals surface area contributed by atoms with Gasteiger partial charge in [0.05, 0.1) is 6.20 Å². The zero-order valence-corrected chi connectivity index (χ0v) is 15.9. The minimum absolute atomic E-state index is 0.436. The third-order valence-electron chi connectivity index (χ3n) is 3.64. The highest BCUT2D eigenvalue weighted by molar-refractivity contribution is 9.10. The number of hydrogen-bond acceptors (Lipinski definition) is 6. The molecule has 0 fully saturated rings. The van der Waals surface area contributed by atoms with Crippen LogP contribution in [0.1, 0.15) is 5.56 Å². The summed E-state index contributed by atoms with van der Waals surface area (Å²) in [6.45, 7) is 2.04. The molecule has 2 aromatic carbocycles. The quantitative estimate of drug-likeness (QED) is 0.659. The maximum absolute atomic E-state index is 4.45. The van der Waals surface area contributed by atoms with Crippen LogP contribution >= 0.6 is 15.9 Å². The molecule has 0 aliphatic heterocycles. The Morgan fingerprint density at radius 3 is 2.36 bits per heavy atom. The summed E-state index contributed by atoms with van der Waals surface area (Å²) in [5, 5.41) is 14.4.